The summed E-state index contributed by atoms with van der Waals surface area (Å²) in [6.07, 6.45) is 5.33. The van der Waals surface area contributed by atoms with Gasteiger partial charge in [-0.05, 0) is 62.4 Å². The van der Waals surface area contributed by atoms with Crippen LogP contribution in [-0.4, -0.2) is 37.5 Å². The Balaban J connectivity index is 1.53. The quantitative estimate of drug-likeness (QED) is 0.839. The summed E-state index contributed by atoms with van der Waals surface area (Å²) in [4.78, 5) is 14.3. The number of benzene rings is 1. The molecule has 120 valence electrons. The fraction of sp³-hybridized carbons (Fsp3) is 0.611. The summed E-state index contributed by atoms with van der Waals surface area (Å²) in [5, 5.41) is 3.37. The smallest absolute Gasteiger partial charge is 0.222 e. The fourth-order valence-electron chi connectivity index (χ4n) is 3.51. The zero-order valence-corrected chi connectivity index (χ0v) is 14.9. The van der Waals surface area contributed by atoms with Crippen LogP contribution in [0.2, 0.25) is 0 Å². The Morgan fingerprint density at radius 3 is 2.68 bits per heavy atom. The van der Waals surface area contributed by atoms with Gasteiger partial charge in [-0.1, -0.05) is 28.1 Å². The predicted molar refractivity (Wildman–Crippen MR) is 92.9 cm³/mol. The molecule has 4 heteroatoms. The van der Waals surface area contributed by atoms with Gasteiger partial charge in [-0.3, -0.25) is 4.79 Å². The lowest BCUT2D eigenvalue weighted by Gasteiger charge is -2.25. The van der Waals surface area contributed by atoms with Crippen molar-refractivity contribution < 1.29 is 4.79 Å². The van der Waals surface area contributed by atoms with E-state index >= 15 is 0 Å². The van der Waals surface area contributed by atoms with Gasteiger partial charge < -0.3 is 10.2 Å². The van der Waals surface area contributed by atoms with Gasteiger partial charge in [0.15, 0.2) is 0 Å². The van der Waals surface area contributed by atoms with E-state index in [0.717, 1.165) is 30.5 Å². The summed E-state index contributed by atoms with van der Waals surface area (Å²) >= 11 is 3.49. The molecule has 1 aliphatic heterocycles. The van der Waals surface area contributed by atoms with Crippen LogP contribution in [0.15, 0.2) is 28.7 Å². The summed E-state index contributed by atoms with van der Waals surface area (Å²) in [7, 11) is 1.97. The molecule has 2 fully saturated rings. The van der Waals surface area contributed by atoms with Gasteiger partial charge in [0, 0.05) is 29.9 Å². The second-order valence-corrected chi connectivity index (χ2v) is 7.85. The van der Waals surface area contributed by atoms with Crippen molar-refractivity contribution in [3.05, 3.63) is 34.3 Å². The molecule has 1 N–H and O–H groups in total. The highest BCUT2D eigenvalue weighted by molar-refractivity contribution is 9.10. The number of nitrogens with one attached hydrogen (secondary N) is 1. The molecule has 1 atom stereocenters. The van der Waals surface area contributed by atoms with Gasteiger partial charge in [0.1, 0.15) is 0 Å². The average molecular weight is 365 g/mol. The Morgan fingerprint density at radius 1 is 1.36 bits per heavy atom. The van der Waals surface area contributed by atoms with Gasteiger partial charge in [0.05, 0.1) is 0 Å². The van der Waals surface area contributed by atoms with Crippen molar-refractivity contribution in [3.63, 3.8) is 0 Å². The third kappa shape index (κ3) is 3.72. The van der Waals surface area contributed by atoms with Crippen LogP contribution in [-0.2, 0) is 10.2 Å². The Morgan fingerprint density at radius 2 is 2.09 bits per heavy atom. The molecular weight excluding hydrogens is 340 g/mol. The molecule has 1 aromatic rings. The number of likely N-dealkylation sites (N-methyl/N-ethyl adjacent to an activating group) is 1. The average Bonchev–Trinajstić information content (AvgIpc) is 3.10. The number of nitrogens with zero attached hydrogens (tertiary/aromatic N) is 1. The molecule has 0 bridgehead atoms. The van der Waals surface area contributed by atoms with Gasteiger partial charge >= 0.3 is 0 Å². The second kappa shape index (κ2) is 6.71. The van der Waals surface area contributed by atoms with Gasteiger partial charge in [0.2, 0.25) is 5.91 Å². The van der Waals surface area contributed by atoms with E-state index in [9.17, 15) is 4.79 Å². The number of carbonyl (C=O) groups is 1. The molecule has 1 aromatic carbocycles. The molecule has 2 aliphatic rings. The largest absolute Gasteiger partial charge is 0.345 e. The lowest BCUT2D eigenvalue weighted by molar-refractivity contribution is -0.130. The number of hydrogen-bond donors (Lipinski definition) is 1. The Hall–Kier alpha value is -0.870. The normalized spacial score (nSPS) is 22.5. The van der Waals surface area contributed by atoms with E-state index in [1.807, 2.05) is 11.9 Å². The number of amides is 1. The van der Waals surface area contributed by atoms with Crippen LogP contribution < -0.4 is 5.32 Å². The number of rotatable bonds is 6. The summed E-state index contributed by atoms with van der Waals surface area (Å²) in [5.74, 6) is 0.994. The molecule has 1 saturated heterocycles. The van der Waals surface area contributed by atoms with E-state index in [1.165, 1.54) is 24.8 Å². The van der Waals surface area contributed by atoms with Gasteiger partial charge in [-0.25, -0.2) is 0 Å². The first-order chi connectivity index (χ1) is 10.6. The van der Waals surface area contributed by atoms with E-state index in [0.29, 0.717) is 18.2 Å². The molecule has 1 saturated carbocycles. The number of carbonyl (C=O) groups excluding carboxylic acids is 1. The first-order valence-electron chi connectivity index (χ1n) is 8.30. The third-order valence-electron chi connectivity index (χ3n) is 5.20. The molecule has 1 amide bonds. The highest BCUT2D eigenvalue weighted by Gasteiger charge is 2.45. The van der Waals surface area contributed by atoms with E-state index in [-0.39, 0.29) is 5.41 Å². The molecule has 3 rings (SSSR count). The van der Waals surface area contributed by atoms with E-state index in [1.54, 1.807) is 0 Å². The number of halogens is 1. The molecule has 3 nitrogen and oxygen atoms in total. The van der Waals surface area contributed by atoms with Crippen molar-refractivity contribution >= 4 is 21.8 Å². The molecule has 1 unspecified atom stereocenters. The van der Waals surface area contributed by atoms with Gasteiger partial charge in [0.25, 0.3) is 0 Å². The first-order valence-corrected chi connectivity index (χ1v) is 9.09. The lowest BCUT2D eigenvalue weighted by atomic mass is 9.95. The minimum absolute atomic E-state index is 0.208. The molecular formula is C18H25BrN2O. The van der Waals surface area contributed by atoms with Crippen LogP contribution in [0.25, 0.3) is 0 Å². The molecule has 0 aromatic heterocycles. The lowest BCUT2D eigenvalue weighted by Crippen LogP contribution is -2.34. The van der Waals surface area contributed by atoms with Crippen LogP contribution in [0.1, 0.15) is 37.7 Å². The zero-order valence-electron chi connectivity index (χ0n) is 13.3. The summed E-state index contributed by atoms with van der Waals surface area (Å²) < 4.78 is 1.11. The van der Waals surface area contributed by atoms with Crippen molar-refractivity contribution in [3.8, 4) is 0 Å². The molecule has 0 radical (unpaired) electrons. The van der Waals surface area contributed by atoms with Crippen LogP contribution in [0.4, 0.5) is 0 Å². The van der Waals surface area contributed by atoms with Crippen molar-refractivity contribution in [2.45, 2.75) is 37.5 Å². The standard InChI is InChI=1S/C18H25BrN2O/c1-21(17(22)7-2-14-8-11-20-12-14)13-18(9-10-18)15-3-5-16(19)6-4-15/h3-6,14,20H,2,7-13H2,1H3. The maximum atomic E-state index is 12.4. The van der Waals surface area contributed by atoms with Crippen LogP contribution in [0.3, 0.4) is 0 Å². The monoisotopic (exact) mass is 364 g/mol. The van der Waals surface area contributed by atoms with Gasteiger partial charge in [-0.2, -0.15) is 0 Å². The minimum Gasteiger partial charge on any atom is -0.345 e. The summed E-state index contributed by atoms with van der Waals surface area (Å²) in [6.45, 7) is 3.05. The highest BCUT2D eigenvalue weighted by atomic mass is 79.9. The SMILES string of the molecule is CN(CC1(c2ccc(Br)cc2)CC1)C(=O)CCC1CCNC1. The summed E-state index contributed by atoms with van der Waals surface area (Å²) in [5.41, 5.74) is 1.58. The minimum atomic E-state index is 0.208. The van der Waals surface area contributed by atoms with Crippen molar-refractivity contribution in [1.82, 2.24) is 10.2 Å². The van der Waals surface area contributed by atoms with E-state index in [4.69, 9.17) is 0 Å². The maximum absolute atomic E-state index is 12.4. The highest BCUT2D eigenvalue weighted by Crippen LogP contribution is 2.48. The predicted octanol–water partition coefficient (Wildman–Crippen LogP) is 3.33. The van der Waals surface area contributed by atoms with E-state index in [2.05, 4.69) is 45.5 Å². The Kier molecular flexibility index (Phi) is 4.88. The second-order valence-electron chi connectivity index (χ2n) is 6.93. The molecule has 1 aliphatic carbocycles. The maximum Gasteiger partial charge on any atom is 0.222 e. The van der Waals surface area contributed by atoms with Crippen LogP contribution >= 0.6 is 15.9 Å². The van der Waals surface area contributed by atoms with Crippen LogP contribution in [0.5, 0.6) is 0 Å². The van der Waals surface area contributed by atoms with Crippen LogP contribution in [0, 0.1) is 5.92 Å². The third-order valence-corrected chi connectivity index (χ3v) is 5.73. The molecule has 0 spiro atoms. The zero-order chi connectivity index (χ0) is 15.6. The topological polar surface area (TPSA) is 32.3 Å². The molecule has 22 heavy (non-hydrogen) atoms. The van der Waals surface area contributed by atoms with Crippen molar-refractivity contribution in [2.24, 2.45) is 5.92 Å². The van der Waals surface area contributed by atoms with Crippen molar-refractivity contribution in [1.29, 1.82) is 0 Å². The number of hydrogen-bond acceptors (Lipinski definition) is 2. The first kappa shape index (κ1) is 16.0. The summed E-state index contributed by atoms with van der Waals surface area (Å²) in [6, 6.07) is 8.59. The van der Waals surface area contributed by atoms with Crippen molar-refractivity contribution in [2.75, 3.05) is 26.7 Å². The fourth-order valence-corrected chi connectivity index (χ4v) is 3.78. The van der Waals surface area contributed by atoms with Gasteiger partial charge in [-0.15, -0.1) is 0 Å². The Labute approximate surface area is 141 Å². The Bertz CT molecular complexity index is 518. The van der Waals surface area contributed by atoms with E-state index < -0.39 is 0 Å². The molecule has 1 heterocycles.